The maximum atomic E-state index is 12.1. The summed E-state index contributed by atoms with van der Waals surface area (Å²) in [5.41, 5.74) is 1.08. The normalized spacial score (nSPS) is 27.9. The Morgan fingerprint density at radius 1 is 1.18 bits per heavy atom. The lowest BCUT2D eigenvalue weighted by Gasteiger charge is -2.26. The third-order valence-corrected chi connectivity index (χ3v) is 3.19. The summed E-state index contributed by atoms with van der Waals surface area (Å²) >= 11 is 0. The molecule has 4 nitrogen and oxygen atoms in total. The first-order valence-corrected chi connectivity index (χ1v) is 5.93. The summed E-state index contributed by atoms with van der Waals surface area (Å²) in [4.78, 5) is 13.9. The Morgan fingerprint density at radius 3 is 2.59 bits per heavy atom. The molecule has 0 aliphatic carbocycles. The SMILES string of the molecule is O=C([C@H]1O[C@H]1c1ccccc1)N1CCOCC1. The fourth-order valence-electron chi connectivity index (χ4n) is 2.16. The fourth-order valence-corrected chi connectivity index (χ4v) is 2.16. The van der Waals surface area contributed by atoms with Crippen LogP contribution in [0.1, 0.15) is 11.7 Å². The smallest absolute Gasteiger partial charge is 0.254 e. The van der Waals surface area contributed by atoms with E-state index in [1.54, 1.807) is 0 Å². The van der Waals surface area contributed by atoms with Crippen LogP contribution in [-0.4, -0.2) is 43.2 Å². The number of amides is 1. The molecule has 17 heavy (non-hydrogen) atoms. The maximum absolute atomic E-state index is 12.1. The zero-order valence-electron chi connectivity index (χ0n) is 9.54. The van der Waals surface area contributed by atoms with E-state index in [1.807, 2.05) is 35.2 Å². The predicted octanol–water partition coefficient (Wildman–Crippen LogP) is 0.985. The van der Waals surface area contributed by atoms with Crippen LogP contribution in [0.25, 0.3) is 0 Å². The van der Waals surface area contributed by atoms with E-state index < -0.39 is 0 Å². The van der Waals surface area contributed by atoms with Crippen molar-refractivity contribution in [3.8, 4) is 0 Å². The number of benzene rings is 1. The summed E-state index contributed by atoms with van der Waals surface area (Å²) in [6.07, 6.45) is -0.331. The first-order valence-electron chi connectivity index (χ1n) is 5.93. The molecule has 1 aromatic rings. The molecule has 1 aromatic carbocycles. The molecule has 2 heterocycles. The standard InChI is InChI=1S/C13H15NO3/c15-13(14-6-8-16-9-7-14)12-11(17-12)10-4-2-1-3-5-10/h1-5,11-12H,6-9H2/t11-,12-/m0/s1. The van der Waals surface area contributed by atoms with Gasteiger partial charge in [-0.25, -0.2) is 0 Å². The number of nitrogens with zero attached hydrogens (tertiary/aromatic N) is 1. The third-order valence-electron chi connectivity index (χ3n) is 3.19. The first-order chi connectivity index (χ1) is 8.36. The van der Waals surface area contributed by atoms with Crippen LogP contribution in [0.4, 0.5) is 0 Å². The van der Waals surface area contributed by atoms with E-state index in [1.165, 1.54) is 0 Å². The molecule has 2 fully saturated rings. The highest BCUT2D eigenvalue weighted by atomic mass is 16.6. The summed E-state index contributed by atoms with van der Waals surface area (Å²) in [7, 11) is 0. The molecule has 90 valence electrons. The summed E-state index contributed by atoms with van der Waals surface area (Å²) in [6, 6.07) is 9.89. The van der Waals surface area contributed by atoms with Gasteiger partial charge in [0, 0.05) is 13.1 Å². The van der Waals surface area contributed by atoms with E-state index in [4.69, 9.17) is 9.47 Å². The summed E-state index contributed by atoms with van der Waals surface area (Å²) in [6.45, 7) is 2.63. The molecular formula is C13H15NO3. The molecule has 0 aromatic heterocycles. The Hall–Kier alpha value is -1.39. The molecular weight excluding hydrogens is 218 g/mol. The Bertz CT molecular complexity index is 400. The van der Waals surface area contributed by atoms with Gasteiger partial charge >= 0.3 is 0 Å². The fraction of sp³-hybridized carbons (Fsp3) is 0.462. The van der Waals surface area contributed by atoms with Crippen LogP contribution in [0.2, 0.25) is 0 Å². The van der Waals surface area contributed by atoms with Gasteiger partial charge < -0.3 is 14.4 Å². The molecule has 0 saturated carbocycles. The predicted molar refractivity (Wildman–Crippen MR) is 61.5 cm³/mol. The number of hydrogen-bond acceptors (Lipinski definition) is 3. The minimum Gasteiger partial charge on any atom is -0.378 e. The molecule has 2 saturated heterocycles. The molecule has 0 radical (unpaired) electrons. The number of carbonyl (C=O) groups excluding carboxylic acids is 1. The lowest BCUT2D eigenvalue weighted by atomic mass is 10.1. The van der Waals surface area contributed by atoms with Gasteiger partial charge in [0.2, 0.25) is 0 Å². The molecule has 2 aliphatic heterocycles. The van der Waals surface area contributed by atoms with E-state index >= 15 is 0 Å². The molecule has 2 aliphatic rings. The number of morpholine rings is 1. The van der Waals surface area contributed by atoms with Crippen molar-refractivity contribution in [2.45, 2.75) is 12.2 Å². The highest BCUT2D eigenvalue weighted by molar-refractivity contribution is 5.84. The molecule has 0 bridgehead atoms. The number of carbonyl (C=O) groups is 1. The number of epoxide rings is 1. The minimum atomic E-state index is -0.282. The topological polar surface area (TPSA) is 42.1 Å². The molecule has 1 amide bonds. The third kappa shape index (κ3) is 2.18. The van der Waals surface area contributed by atoms with Crippen molar-refractivity contribution in [3.05, 3.63) is 35.9 Å². The van der Waals surface area contributed by atoms with E-state index in [0.29, 0.717) is 26.3 Å². The molecule has 4 heteroatoms. The van der Waals surface area contributed by atoms with Crippen molar-refractivity contribution in [1.29, 1.82) is 0 Å². The summed E-state index contributed by atoms with van der Waals surface area (Å²) in [5, 5.41) is 0. The van der Waals surface area contributed by atoms with Crippen molar-refractivity contribution in [2.75, 3.05) is 26.3 Å². The highest BCUT2D eigenvalue weighted by Gasteiger charge is 2.47. The second-order valence-corrected chi connectivity index (χ2v) is 4.33. The first kappa shape index (κ1) is 10.7. The van der Waals surface area contributed by atoms with Gasteiger partial charge in [-0.3, -0.25) is 4.79 Å². The zero-order valence-corrected chi connectivity index (χ0v) is 9.54. The Balaban J connectivity index is 1.62. The van der Waals surface area contributed by atoms with Crippen molar-refractivity contribution in [2.24, 2.45) is 0 Å². The second-order valence-electron chi connectivity index (χ2n) is 4.33. The van der Waals surface area contributed by atoms with Crippen LogP contribution in [0, 0.1) is 0 Å². The van der Waals surface area contributed by atoms with Crippen molar-refractivity contribution >= 4 is 5.91 Å². The largest absolute Gasteiger partial charge is 0.378 e. The van der Waals surface area contributed by atoms with Crippen LogP contribution in [-0.2, 0) is 14.3 Å². The lowest BCUT2D eigenvalue weighted by molar-refractivity contribution is -0.136. The maximum Gasteiger partial charge on any atom is 0.254 e. The van der Waals surface area contributed by atoms with Crippen LogP contribution in [0.15, 0.2) is 30.3 Å². The molecule has 0 N–H and O–H groups in total. The van der Waals surface area contributed by atoms with Gasteiger partial charge in [-0.1, -0.05) is 30.3 Å². The quantitative estimate of drug-likeness (QED) is 0.715. The number of ether oxygens (including phenoxy) is 2. The van der Waals surface area contributed by atoms with Gasteiger partial charge in [-0.05, 0) is 5.56 Å². The zero-order chi connectivity index (χ0) is 11.7. The van der Waals surface area contributed by atoms with Gasteiger partial charge in [-0.15, -0.1) is 0 Å². The van der Waals surface area contributed by atoms with E-state index in [9.17, 15) is 4.79 Å². The van der Waals surface area contributed by atoms with Crippen LogP contribution >= 0.6 is 0 Å². The van der Waals surface area contributed by atoms with Gasteiger partial charge in [0.15, 0.2) is 6.10 Å². The van der Waals surface area contributed by atoms with Crippen molar-refractivity contribution < 1.29 is 14.3 Å². The molecule has 2 atom stereocenters. The van der Waals surface area contributed by atoms with Crippen LogP contribution < -0.4 is 0 Å². The van der Waals surface area contributed by atoms with Gasteiger partial charge in [-0.2, -0.15) is 0 Å². The summed E-state index contributed by atoms with van der Waals surface area (Å²) in [5.74, 6) is 0.0992. The lowest BCUT2D eigenvalue weighted by Crippen LogP contribution is -2.42. The van der Waals surface area contributed by atoms with Gasteiger partial charge in [0.05, 0.1) is 13.2 Å². The van der Waals surface area contributed by atoms with Crippen molar-refractivity contribution in [1.82, 2.24) is 4.90 Å². The highest BCUT2D eigenvalue weighted by Crippen LogP contribution is 2.39. The van der Waals surface area contributed by atoms with Crippen LogP contribution in [0.5, 0.6) is 0 Å². The van der Waals surface area contributed by atoms with Crippen LogP contribution in [0.3, 0.4) is 0 Å². The monoisotopic (exact) mass is 233 g/mol. The van der Waals surface area contributed by atoms with Crippen molar-refractivity contribution in [3.63, 3.8) is 0 Å². The van der Waals surface area contributed by atoms with E-state index in [2.05, 4.69) is 0 Å². The minimum absolute atomic E-state index is 0.0495. The number of rotatable bonds is 2. The Morgan fingerprint density at radius 2 is 1.88 bits per heavy atom. The van der Waals surface area contributed by atoms with E-state index in [0.717, 1.165) is 5.56 Å². The average molecular weight is 233 g/mol. The Labute approximate surface area is 100 Å². The molecule has 3 rings (SSSR count). The van der Waals surface area contributed by atoms with E-state index in [-0.39, 0.29) is 18.1 Å². The Kier molecular flexibility index (Phi) is 2.82. The molecule has 0 unspecified atom stereocenters. The second kappa shape index (κ2) is 4.47. The summed E-state index contributed by atoms with van der Waals surface area (Å²) < 4.78 is 10.7. The average Bonchev–Trinajstić information content (AvgIpc) is 3.20. The van der Waals surface area contributed by atoms with Gasteiger partial charge in [0.25, 0.3) is 5.91 Å². The number of hydrogen-bond donors (Lipinski definition) is 0. The van der Waals surface area contributed by atoms with Gasteiger partial charge in [0.1, 0.15) is 6.10 Å². The molecule has 0 spiro atoms.